The number of likely N-dealkylation sites (tertiary alicyclic amines) is 1. The van der Waals surface area contributed by atoms with E-state index >= 15 is 0 Å². The van der Waals surface area contributed by atoms with Crippen LogP contribution in [0.3, 0.4) is 0 Å². The molecular weight excluding hydrogens is 256 g/mol. The predicted octanol–water partition coefficient (Wildman–Crippen LogP) is 2.42. The zero-order valence-corrected chi connectivity index (χ0v) is 12.6. The zero-order chi connectivity index (χ0) is 14.8. The summed E-state index contributed by atoms with van der Waals surface area (Å²) in [5.41, 5.74) is -0.731. The first kappa shape index (κ1) is 15.1. The van der Waals surface area contributed by atoms with Gasteiger partial charge in [-0.15, -0.1) is 0 Å². The molecule has 1 saturated heterocycles. The first-order chi connectivity index (χ1) is 9.52. The van der Waals surface area contributed by atoms with Crippen molar-refractivity contribution >= 4 is 12.0 Å². The summed E-state index contributed by atoms with van der Waals surface area (Å²) >= 11 is 0. The summed E-state index contributed by atoms with van der Waals surface area (Å²) in [4.78, 5) is 27.6. The Bertz CT molecular complexity index is 381. The fraction of sp³-hybridized carbons (Fsp3) is 0.867. The molecule has 2 aliphatic rings. The molecule has 1 saturated carbocycles. The van der Waals surface area contributed by atoms with E-state index in [-0.39, 0.29) is 6.03 Å². The number of carboxylic acids is 1. The quantitative estimate of drug-likeness (QED) is 0.842. The highest BCUT2D eigenvalue weighted by molar-refractivity contribution is 5.79. The van der Waals surface area contributed by atoms with E-state index < -0.39 is 11.4 Å². The van der Waals surface area contributed by atoms with Gasteiger partial charge < -0.3 is 14.9 Å². The van der Waals surface area contributed by atoms with Crippen molar-refractivity contribution in [3.63, 3.8) is 0 Å². The van der Waals surface area contributed by atoms with Crippen LogP contribution in [-0.2, 0) is 4.79 Å². The van der Waals surface area contributed by atoms with Crippen LogP contribution in [0.4, 0.5) is 4.79 Å². The van der Waals surface area contributed by atoms with E-state index in [1.165, 1.54) is 19.3 Å². The van der Waals surface area contributed by atoms with Gasteiger partial charge in [0.05, 0.1) is 5.41 Å². The molecule has 0 bridgehead atoms. The maximum Gasteiger partial charge on any atom is 0.320 e. The van der Waals surface area contributed by atoms with E-state index in [1.807, 2.05) is 18.7 Å². The van der Waals surface area contributed by atoms with Crippen molar-refractivity contribution in [3.8, 4) is 0 Å². The van der Waals surface area contributed by atoms with Crippen LogP contribution in [0.25, 0.3) is 0 Å². The number of urea groups is 1. The summed E-state index contributed by atoms with van der Waals surface area (Å²) in [5, 5.41) is 9.40. The second-order valence-electron chi connectivity index (χ2n) is 6.23. The third kappa shape index (κ3) is 2.76. The maximum atomic E-state index is 12.5. The fourth-order valence-corrected chi connectivity index (χ4v) is 3.18. The highest BCUT2D eigenvalue weighted by Crippen LogP contribution is 2.35. The second-order valence-corrected chi connectivity index (χ2v) is 6.23. The SMILES string of the molecule is CCN(CC1CCC1)C(=O)N1CCC(CC)(C(=O)O)C1. The van der Waals surface area contributed by atoms with Gasteiger partial charge in [0, 0.05) is 26.2 Å². The highest BCUT2D eigenvalue weighted by Gasteiger charge is 2.45. The molecule has 1 N–H and O–H groups in total. The summed E-state index contributed by atoms with van der Waals surface area (Å²) < 4.78 is 0. The van der Waals surface area contributed by atoms with Crippen molar-refractivity contribution in [2.24, 2.45) is 11.3 Å². The molecule has 0 aromatic carbocycles. The van der Waals surface area contributed by atoms with E-state index in [0.717, 1.165) is 6.54 Å². The molecule has 1 aliphatic carbocycles. The number of hydrogen-bond acceptors (Lipinski definition) is 2. The van der Waals surface area contributed by atoms with E-state index in [9.17, 15) is 14.7 Å². The molecule has 5 heteroatoms. The van der Waals surface area contributed by atoms with Gasteiger partial charge in [-0.3, -0.25) is 4.79 Å². The van der Waals surface area contributed by atoms with Crippen LogP contribution in [-0.4, -0.2) is 53.1 Å². The molecule has 2 rings (SSSR count). The lowest BCUT2D eigenvalue weighted by molar-refractivity contribution is -0.148. The number of aliphatic carboxylic acids is 1. The Kier molecular flexibility index (Phi) is 4.55. The molecule has 20 heavy (non-hydrogen) atoms. The third-order valence-corrected chi connectivity index (χ3v) is 5.11. The van der Waals surface area contributed by atoms with Gasteiger partial charge in [-0.05, 0) is 38.5 Å². The normalized spacial score (nSPS) is 26.4. The molecule has 0 aromatic heterocycles. The topological polar surface area (TPSA) is 60.9 Å². The number of carbonyl (C=O) groups excluding carboxylic acids is 1. The largest absolute Gasteiger partial charge is 0.481 e. The minimum Gasteiger partial charge on any atom is -0.481 e. The molecule has 1 heterocycles. The maximum absolute atomic E-state index is 12.5. The zero-order valence-electron chi connectivity index (χ0n) is 12.6. The minimum absolute atomic E-state index is 0.0241. The van der Waals surface area contributed by atoms with Crippen molar-refractivity contribution in [2.75, 3.05) is 26.2 Å². The molecule has 5 nitrogen and oxygen atoms in total. The molecule has 0 spiro atoms. The van der Waals surface area contributed by atoms with Crippen LogP contribution in [0.5, 0.6) is 0 Å². The van der Waals surface area contributed by atoms with Crippen molar-refractivity contribution in [1.29, 1.82) is 0 Å². The molecule has 2 amide bonds. The van der Waals surface area contributed by atoms with Gasteiger partial charge >= 0.3 is 12.0 Å². The van der Waals surface area contributed by atoms with Crippen molar-refractivity contribution < 1.29 is 14.7 Å². The summed E-state index contributed by atoms with van der Waals surface area (Å²) in [6.45, 7) is 6.36. The molecule has 0 aromatic rings. The number of nitrogens with zero attached hydrogens (tertiary/aromatic N) is 2. The van der Waals surface area contributed by atoms with Gasteiger partial charge in [0.25, 0.3) is 0 Å². The van der Waals surface area contributed by atoms with Gasteiger partial charge in [-0.25, -0.2) is 4.79 Å². The van der Waals surface area contributed by atoms with Crippen LogP contribution in [0.2, 0.25) is 0 Å². The average molecular weight is 282 g/mol. The van der Waals surface area contributed by atoms with Crippen molar-refractivity contribution in [1.82, 2.24) is 9.80 Å². The third-order valence-electron chi connectivity index (χ3n) is 5.11. The number of carboxylic acid groups (broad SMARTS) is 1. The smallest absolute Gasteiger partial charge is 0.320 e. The Morgan fingerprint density at radius 3 is 2.45 bits per heavy atom. The number of amides is 2. The fourth-order valence-electron chi connectivity index (χ4n) is 3.18. The monoisotopic (exact) mass is 282 g/mol. The standard InChI is InChI=1S/C15H26N2O3/c1-3-15(13(18)19)8-9-17(11-15)14(20)16(4-2)10-12-6-5-7-12/h12H,3-11H2,1-2H3,(H,18,19). The Balaban J connectivity index is 1.96. The summed E-state index contributed by atoms with van der Waals surface area (Å²) in [7, 11) is 0. The number of carbonyl (C=O) groups is 2. The lowest BCUT2D eigenvalue weighted by atomic mass is 9.84. The molecule has 1 aliphatic heterocycles. The lowest BCUT2D eigenvalue weighted by Gasteiger charge is -2.34. The van der Waals surface area contributed by atoms with Crippen LogP contribution in [0.1, 0.15) is 46.0 Å². The molecular formula is C15H26N2O3. The number of hydrogen-bond donors (Lipinski definition) is 1. The Morgan fingerprint density at radius 2 is 2.05 bits per heavy atom. The first-order valence-corrected chi connectivity index (χ1v) is 7.79. The van der Waals surface area contributed by atoms with Crippen molar-refractivity contribution in [2.45, 2.75) is 46.0 Å². The van der Waals surface area contributed by atoms with Gasteiger partial charge in [-0.1, -0.05) is 13.3 Å². The summed E-state index contributed by atoms with van der Waals surface area (Å²) in [6, 6.07) is 0.0241. The van der Waals surface area contributed by atoms with Crippen LogP contribution in [0.15, 0.2) is 0 Å². The molecule has 2 fully saturated rings. The molecule has 1 atom stereocenters. The van der Waals surface area contributed by atoms with Crippen LogP contribution in [0, 0.1) is 11.3 Å². The van der Waals surface area contributed by atoms with Crippen LogP contribution < -0.4 is 0 Å². The first-order valence-electron chi connectivity index (χ1n) is 7.79. The van der Waals surface area contributed by atoms with Gasteiger partial charge in [0.1, 0.15) is 0 Å². The molecule has 1 unspecified atom stereocenters. The minimum atomic E-state index is -0.766. The van der Waals surface area contributed by atoms with Crippen LogP contribution >= 0.6 is 0 Å². The van der Waals surface area contributed by atoms with Gasteiger partial charge in [0.2, 0.25) is 0 Å². The molecule has 0 radical (unpaired) electrons. The average Bonchev–Trinajstić information content (AvgIpc) is 2.83. The molecule has 114 valence electrons. The lowest BCUT2D eigenvalue weighted by Crippen LogP contribution is -2.46. The van der Waals surface area contributed by atoms with E-state index in [0.29, 0.717) is 38.4 Å². The van der Waals surface area contributed by atoms with E-state index in [2.05, 4.69) is 0 Å². The van der Waals surface area contributed by atoms with E-state index in [4.69, 9.17) is 0 Å². The van der Waals surface area contributed by atoms with Crippen molar-refractivity contribution in [3.05, 3.63) is 0 Å². The van der Waals surface area contributed by atoms with Gasteiger partial charge in [-0.2, -0.15) is 0 Å². The Hall–Kier alpha value is -1.26. The number of rotatable bonds is 5. The Labute approximate surface area is 120 Å². The summed E-state index contributed by atoms with van der Waals surface area (Å²) in [6.07, 6.45) is 4.88. The van der Waals surface area contributed by atoms with Gasteiger partial charge in [0.15, 0.2) is 0 Å². The summed E-state index contributed by atoms with van der Waals surface area (Å²) in [5.74, 6) is -0.116. The highest BCUT2D eigenvalue weighted by atomic mass is 16.4. The van der Waals surface area contributed by atoms with E-state index in [1.54, 1.807) is 4.90 Å². The predicted molar refractivity (Wildman–Crippen MR) is 76.5 cm³/mol. The Morgan fingerprint density at radius 1 is 1.35 bits per heavy atom. The second kappa shape index (κ2) is 6.02.